The topological polar surface area (TPSA) is 91.7 Å². The van der Waals surface area contributed by atoms with Gasteiger partial charge in [0.25, 0.3) is 12.3 Å². The molecular weight excluding hydrogens is 248 g/mol. The molecule has 0 unspecified atom stereocenters. The summed E-state index contributed by atoms with van der Waals surface area (Å²) >= 11 is 0. The fourth-order valence-electron chi connectivity index (χ4n) is 1.46. The van der Waals surface area contributed by atoms with E-state index < -0.39 is 18.9 Å². The fraction of sp³-hybridized carbons (Fsp3) is 0.500. The number of halogens is 2. The monoisotopic (exact) mass is 263 g/mol. The number of alkyl halides is 2. The first-order chi connectivity index (χ1) is 8.56. The second kappa shape index (κ2) is 7.04. The normalized spacial score (nSPS) is 11.2. The Morgan fingerprint density at radius 3 is 2.89 bits per heavy atom. The number of hydrazine groups is 1. The molecule has 0 radical (unpaired) electrons. The van der Waals surface area contributed by atoms with Gasteiger partial charge < -0.3 is 9.52 Å². The van der Waals surface area contributed by atoms with Crippen LogP contribution in [0.15, 0.2) is 16.7 Å². The zero-order valence-corrected chi connectivity index (χ0v) is 9.60. The summed E-state index contributed by atoms with van der Waals surface area (Å²) in [7, 11) is 0. The van der Waals surface area contributed by atoms with Crippen molar-refractivity contribution in [3.63, 3.8) is 0 Å². The zero-order valence-electron chi connectivity index (χ0n) is 9.60. The molecule has 0 saturated heterocycles. The first kappa shape index (κ1) is 14.6. The number of nitrogen functional groups attached to an aromatic ring is 1. The standard InChI is InChI=1S/C10H15F2N3O3/c11-9(12)5-15(1-2-16)4-8-3-7(6-18-8)10(17)14-13/h3,6,9,16H,1-2,4-5,13H2,(H,14,17). The number of aliphatic hydroxyl groups is 1. The van der Waals surface area contributed by atoms with E-state index in [2.05, 4.69) is 0 Å². The lowest BCUT2D eigenvalue weighted by Crippen LogP contribution is -2.31. The Morgan fingerprint density at radius 1 is 1.61 bits per heavy atom. The number of rotatable bonds is 7. The molecule has 1 aromatic rings. The van der Waals surface area contributed by atoms with Crippen LogP contribution in [0.5, 0.6) is 0 Å². The molecule has 0 bridgehead atoms. The maximum absolute atomic E-state index is 12.3. The number of nitrogens with one attached hydrogen (secondary N) is 1. The summed E-state index contributed by atoms with van der Waals surface area (Å²) in [6.45, 7) is -0.518. The number of carbonyl (C=O) groups is 1. The molecule has 0 aliphatic carbocycles. The van der Waals surface area contributed by atoms with E-state index in [-0.39, 0.29) is 25.3 Å². The predicted octanol–water partition coefficient (Wildman–Crippen LogP) is -0.0575. The van der Waals surface area contributed by atoms with E-state index in [1.54, 1.807) is 0 Å². The molecule has 0 atom stereocenters. The van der Waals surface area contributed by atoms with Crippen molar-refractivity contribution in [3.05, 3.63) is 23.7 Å². The summed E-state index contributed by atoms with van der Waals surface area (Å²) in [5.74, 6) is 4.77. The minimum Gasteiger partial charge on any atom is -0.467 e. The van der Waals surface area contributed by atoms with Crippen LogP contribution >= 0.6 is 0 Å². The van der Waals surface area contributed by atoms with Crippen molar-refractivity contribution in [3.8, 4) is 0 Å². The molecule has 0 aromatic carbocycles. The highest BCUT2D eigenvalue weighted by Gasteiger charge is 2.15. The molecular formula is C10H15F2N3O3. The highest BCUT2D eigenvalue weighted by molar-refractivity contribution is 5.93. The number of carbonyl (C=O) groups excluding carboxylic acids is 1. The summed E-state index contributed by atoms with van der Waals surface area (Å²) in [4.78, 5) is 12.5. The smallest absolute Gasteiger partial charge is 0.268 e. The second-order valence-electron chi connectivity index (χ2n) is 3.62. The largest absolute Gasteiger partial charge is 0.467 e. The summed E-state index contributed by atoms with van der Waals surface area (Å²) < 4.78 is 29.6. The van der Waals surface area contributed by atoms with Gasteiger partial charge in [0.1, 0.15) is 12.0 Å². The van der Waals surface area contributed by atoms with Gasteiger partial charge in [-0.25, -0.2) is 14.6 Å². The molecule has 1 rings (SSSR count). The van der Waals surface area contributed by atoms with Gasteiger partial charge in [-0.2, -0.15) is 0 Å². The summed E-state index contributed by atoms with van der Waals surface area (Å²) in [5, 5.41) is 8.76. The minimum absolute atomic E-state index is 0.0861. The van der Waals surface area contributed by atoms with Crippen LogP contribution in [-0.2, 0) is 6.54 Å². The molecule has 6 nitrogen and oxygen atoms in total. The molecule has 102 valence electrons. The van der Waals surface area contributed by atoms with Crippen LogP contribution in [0.2, 0.25) is 0 Å². The first-order valence-corrected chi connectivity index (χ1v) is 5.26. The van der Waals surface area contributed by atoms with Gasteiger partial charge in [0.15, 0.2) is 0 Å². The van der Waals surface area contributed by atoms with Crippen LogP contribution in [0.1, 0.15) is 16.1 Å². The maximum Gasteiger partial charge on any atom is 0.268 e. The fourth-order valence-corrected chi connectivity index (χ4v) is 1.46. The highest BCUT2D eigenvalue weighted by atomic mass is 19.3. The molecule has 1 heterocycles. The highest BCUT2D eigenvalue weighted by Crippen LogP contribution is 2.11. The van der Waals surface area contributed by atoms with Crippen molar-refractivity contribution in [2.45, 2.75) is 13.0 Å². The average molecular weight is 263 g/mol. The molecule has 18 heavy (non-hydrogen) atoms. The van der Waals surface area contributed by atoms with Crippen molar-refractivity contribution in [2.24, 2.45) is 5.84 Å². The van der Waals surface area contributed by atoms with Crippen molar-refractivity contribution >= 4 is 5.91 Å². The van der Waals surface area contributed by atoms with Crippen molar-refractivity contribution in [2.75, 3.05) is 19.7 Å². The lowest BCUT2D eigenvalue weighted by molar-refractivity contribution is 0.0712. The van der Waals surface area contributed by atoms with Crippen LogP contribution in [-0.4, -0.2) is 42.0 Å². The molecule has 0 aliphatic rings. The van der Waals surface area contributed by atoms with Crippen molar-refractivity contribution in [1.29, 1.82) is 0 Å². The molecule has 0 fully saturated rings. The van der Waals surface area contributed by atoms with Gasteiger partial charge in [-0.15, -0.1) is 0 Å². The quantitative estimate of drug-likeness (QED) is 0.364. The lowest BCUT2D eigenvalue weighted by Gasteiger charge is -2.19. The maximum atomic E-state index is 12.3. The van der Waals surface area contributed by atoms with Crippen molar-refractivity contribution in [1.82, 2.24) is 10.3 Å². The van der Waals surface area contributed by atoms with Crippen LogP contribution in [0, 0.1) is 0 Å². The summed E-state index contributed by atoms with van der Waals surface area (Å²) in [6, 6.07) is 1.41. The Labute approximate surface area is 102 Å². The van der Waals surface area contributed by atoms with Crippen LogP contribution in [0.25, 0.3) is 0 Å². The van der Waals surface area contributed by atoms with Crippen LogP contribution in [0.3, 0.4) is 0 Å². The first-order valence-electron chi connectivity index (χ1n) is 5.26. The Kier molecular flexibility index (Phi) is 5.69. The van der Waals surface area contributed by atoms with Gasteiger partial charge >= 0.3 is 0 Å². The summed E-state index contributed by atoms with van der Waals surface area (Å²) in [5.41, 5.74) is 2.15. The Morgan fingerprint density at radius 2 is 2.33 bits per heavy atom. The van der Waals surface area contributed by atoms with Gasteiger partial charge in [0.2, 0.25) is 0 Å². The molecule has 1 amide bonds. The number of hydrogen-bond donors (Lipinski definition) is 3. The van der Waals surface area contributed by atoms with E-state index in [0.29, 0.717) is 5.76 Å². The van der Waals surface area contributed by atoms with Gasteiger partial charge in [0, 0.05) is 6.54 Å². The minimum atomic E-state index is -2.50. The van der Waals surface area contributed by atoms with Gasteiger partial charge in [-0.05, 0) is 6.07 Å². The molecule has 0 spiro atoms. The summed E-state index contributed by atoms with van der Waals surface area (Å²) in [6.07, 6.45) is -1.31. The van der Waals surface area contributed by atoms with Crippen molar-refractivity contribution < 1.29 is 23.1 Å². The van der Waals surface area contributed by atoms with Gasteiger partial charge in [-0.1, -0.05) is 0 Å². The number of nitrogens with zero attached hydrogens (tertiary/aromatic N) is 1. The van der Waals surface area contributed by atoms with Crippen LogP contribution < -0.4 is 11.3 Å². The zero-order chi connectivity index (χ0) is 13.5. The van der Waals surface area contributed by atoms with E-state index in [1.165, 1.54) is 17.2 Å². The van der Waals surface area contributed by atoms with E-state index >= 15 is 0 Å². The van der Waals surface area contributed by atoms with Gasteiger partial charge in [0.05, 0.1) is 25.3 Å². The molecule has 4 N–H and O–H groups in total. The third kappa shape index (κ3) is 4.40. The number of hydrogen-bond acceptors (Lipinski definition) is 5. The van der Waals surface area contributed by atoms with E-state index in [0.717, 1.165) is 0 Å². The lowest BCUT2D eigenvalue weighted by atomic mass is 10.3. The van der Waals surface area contributed by atoms with E-state index in [1.807, 2.05) is 5.43 Å². The third-order valence-electron chi connectivity index (χ3n) is 2.24. The molecule has 0 saturated carbocycles. The van der Waals surface area contributed by atoms with Gasteiger partial charge in [-0.3, -0.25) is 15.1 Å². The van der Waals surface area contributed by atoms with E-state index in [4.69, 9.17) is 15.4 Å². The third-order valence-corrected chi connectivity index (χ3v) is 2.24. The Balaban J connectivity index is 2.63. The molecule has 1 aromatic heterocycles. The molecule has 0 aliphatic heterocycles. The molecule has 8 heteroatoms. The second-order valence-corrected chi connectivity index (χ2v) is 3.62. The average Bonchev–Trinajstić information content (AvgIpc) is 2.76. The Bertz CT molecular complexity index is 384. The SMILES string of the molecule is NNC(=O)c1coc(CN(CCO)CC(F)F)c1. The van der Waals surface area contributed by atoms with E-state index in [9.17, 15) is 13.6 Å². The number of amides is 1. The number of furan rings is 1. The number of aliphatic hydroxyl groups excluding tert-OH is 1. The Hall–Kier alpha value is -1.51. The predicted molar refractivity (Wildman–Crippen MR) is 58.7 cm³/mol. The number of nitrogens with two attached hydrogens (primary N) is 1. The van der Waals surface area contributed by atoms with Crippen LogP contribution in [0.4, 0.5) is 8.78 Å².